The molecule has 1 aromatic carbocycles. The fourth-order valence-corrected chi connectivity index (χ4v) is 1.91. The highest BCUT2D eigenvalue weighted by Crippen LogP contribution is 2.37. The highest BCUT2D eigenvalue weighted by Gasteiger charge is 2.18. The van der Waals surface area contributed by atoms with Gasteiger partial charge in [0.2, 0.25) is 0 Å². The molecule has 3 nitrogen and oxygen atoms in total. The maximum atomic E-state index is 5.36. The van der Waals surface area contributed by atoms with Crippen molar-refractivity contribution in [1.82, 2.24) is 0 Å². The smallest absolute Gasteiger partial charge is 0.144 e. The van der Waals surface area contributed by atoms with Gasteiger partial charge in [0.05, 0.1) is 12.8 Å². The number of nitrogens with one attached hydrogen (secondary N) is 1. The summed E-state index contributed by atoms with van der Waals surface area (Å²) in [7, 11) is 1.72. The molecule has 0 saturated heterocycles. The molecule has 0 bridgehead atoms. The van der Waals surface area contributed by atoms with Crippen LogP contribution in [0, 0.1) is 0 Å². The van der Waals surface area contributed by atoms with Crippen LogP contribution in [0.1, 0.15) is 6.92 Å². The van der Waals surface area contributed by atoms with Gasteiger partial charge in [-0.1, -0.05) is 6.07 Å². The number of methoxy groups -OCH3 is 1. The average molecular weight is 192 g/mol. The largest absolute Gasteiger partial charge is 0.495 e. The van der Waals surface area contributed by atoms with E-state index in [0.717, 1.165) is 25.4 Å². The molecule has 0 fully saturated rings. The van der Waals surface area contributed by atoms with E-state index in [1.54, 1.807) is 7.11 Å². The standard InChI is InChI=1S/C11H16N2O/c1-3-13-8-7-12-9-5-4-6-10(14-2)11(9)13/h4-6,12H,3,7-8H2,1-2H3. The van der Waals surface area contributed by atoms with Gasteiger partial charge >= 0.3 is 0 Å². The summed E-state index contributed by atoms with van der Waals surface area (Å²) in [5, 5.41) is 3.38. The summed E-state index contributed by atoms with van der Waals surface area (Å²) in [6.07, 6.45) is 0. The number of para-hydroxylation sites is 1. The minimum absolute atomic E-state index is 0.955. The molecule has 2 rings (SSSR count). The number of fused-ring (bicyclic) bond motifs is 1. The van der Waals surface area contributed by atoms with Crippen molar-refractivity contribution in [3.05, 3.63) is 18.2 Å². The van der Waals surface area contributed by atoms with Crippen molar-refractivity contribution in [2.75, 3.05) is 37.0 Å². The summed E-state index contributed by atoms with van der Waals surface area (Å²) in [6, 6.07) is 6.12. The SMILES string of the molecule is CCN1CCNc2cccc(OC)c21. The predicted octanol–water partition coefficient (Wildman–Crippen LogP) is 1.95. The third-order valence-corrected chi connectivity index (χ3v) is 2.61. The van der Waals surface area contributed by atoms with Crippen LogP contribution in [0.2, 0.25) is 0 Å². The van der Waals surface area contributed by atoms with Crippen molar-refractivity contribution < 1.29 is 4.74 Å². The van der Waals surface area contributed by atoms with E-state index < -0.39 is 0 Å². The van der Waals surface area contributed by atoms with Gasteiger partial charge in [0, 0.05) is 19.6 Å². The van der Waals surface area contributed by atoms with Gasteiger partial charge in [-0.3, -0.25) is 0 Å². The first-order valence-electron chi connectivity index (χ1n) is 5.02. The second-order valence-corrected chi connectivity index (χ2v) is 3.36. The van der Waals surface area contributed by atoms with Gasteiger partial charge in [-0.15, -0.1) is 0 Å². The molecule has 0 radical (unpaired) electrons. The molecule has 0 spiro atoms. The van der Waals surface area contributed by atoms with E-state index in [-0.39, 0.29) is 0 Å². The zero-order valence-electron chi connectivity index (χ0n) is 8.71. The molecule has 14 heavy (non-hydrogen) atoms. The molecule has 1 N–H and O–H groups in total. The van der Waals surface area contributed by atoms with Gasteiger partial charge in [-0.25, -0.2) is 0 Å². The van der Waals surface area contributed by atoms with Gasteiger partial charge in [-0.05, 0) is 19.1 Å². The number of likely N-dealkylation sites (N-methyl/N-ethyl adjacent to an activating group) is 1. The normalized spacial score (nSPS) is 14.6. The highest BCUT2D eigenvalue weighted by molar-refractivity contribution is 5.78. The zero-order chi connectivity index (χ0) is 9.97. The van der Waals surface area contributed by atoms with Crippen molar-refractivity contribution in [2.24, 2.45) is 0 Å². The molecule has 76 valence electrons. The van der Waals surface area contributed by atoms with Crippen molar-refractivity contribution >= 4 is 11.4 Å². The van der Waals surface area contributed by atoms with Crippen molar-refractivity contribution in [3.8, 4) is 5.75 Å². The molecular formula is C11H16N2O. The Balaban J connectivity index is 2.46. The lowest BCUT2D eigenvalue weighted by atomic mass is 10.2. The lowest BCUT2D eigenvalue weighted by Crippen LogP contribution is -2.33. The van der Waals surface area contributed by atoms with Crippen LogP contribution in [0.3, 0.4) is 0 Å². The first-order chi connectivity index (χ1) is 6.86. The second-order valence-electron chi connectivity index (χ2n) is 3.36. The number of rotatable bonds is 2. The molecule has 0 amide bonds. The Morgan fingerprint density at radius 2 is 2.36 bits per heavy atom. The molecule has 0 aromatic heterocycles. The molecule has 1 heterocycles. The number of anilines is 2. The Morgan fingerprint density at radius 1 is 1.50 bits per heavy atom. The van der Waals surface area contributed by atoms with Crippen molar-refractivity contribution in [1.29, 1.82) is 0 Å². The van der Waals surface area contributed by atoms with Gasteiger partial charge in [-0.2, -0.15) is 0 Å². The summed E-state index contributed by atoms with van der Waals surface area (Å²) in [5.41, 5.74) is 2.38. The first kappa shape index (κ1) is 9.19. The van der Waals surface area contributed by atoms with Crippen LogP contribution in [0.15, 0.2) is 18.2 Å². The summed E-state index contributed by atoms with van der Waals surface area (Å²) in [4.78, 5) is 2.34. The van der Waals surface area contributed by atoms with Crippen LogP contribution in [0.4, 0.5) is 11.4 Å². The maximum absolute atomic E-state index is 5.36. The van der Waals surface area contributed by atoms with E-state index >= 15 is 0 Å². The van der Waals surface area contributed by atoms with Gasteiger partial charge in [0.15, 0.2) is 0 Å². The van der Waals surface area contributed by atoms with Gasteiger partial charge in [0.25, 0.3) is 0 Å². The summed E-state index contributed by atoms with van der Waals surface area (Å²) < 4.78 is 5.36. The Hall–Kier alpha value is -1.38. The number of nitrogens with zero attached hydrogens (tertiary/aromatic N) is 1. The minimum atomic E-state index is 0.955. The van der Waals surface area contributed by atoms with E-state index in [0.29, 0.717) is 0 Å². The summed E-state index contributed by atoms with van der Waals surface area (Å²) in [6.45, 7) is 5.24. The third kappa shape index (κ3) is 1.39. The molecule has 3 heteroatoms. The molecule has 1 aliphatic heterocycles. The summed E-state index contributed by atoms with van der Waals surface area (Å²) in [5.74, 6) is 0.955. The van der Waals surface area contributed by atoms with E-state index in [1.807, 2.05) is 12.1 Å². The van der Waals surface area contributed by atoms with Crippen LogP contribution in [0.25, 0.3) is 0 Å². The lowest BCUT2D eigenvalue weighted by Gasteiger charge is -2.32. The lowest BCUT2D eigenvalue weighted by molar-refractivity contribution is 0.414. The van der Waals surface area contributed by atoms with E-state index in [1.165, 1.54) is 11.4 Å². The van der Waals surface area contributed by atoms with E-state index in [9.17, 15) is 0 Å². The molecular weight excluding hydrogens is 176 g/mol. The van der Waals surface area contributed by atoms with E-state index in [4.69, 9.17) is 4.74 Å². The van der Waals surface area contributed by atoms with E-state index in [2.05, 4.69) is 23.2 Å². The van der Waals surface area contributed by atoms with Gasteiger partial charge < -0.3 is 15.0 Å². The molecule has 0 atom stereocenters. The topological polar surface area (TPSA) is 24.5 Å². The van der Waals surface area contributed by atoms with Crippen LogP contribution < -0.4 is 15.0 Å². The zero-order valence-corrected chi connectivity index (χ0v) is 8.71. The molecule has 0 saturated carbocycles. The summed E-state index contributed by atoms with van der Waals surface area (Å²) >= 11 is 0. The molecule has 1 aromatic rings. The van der Waals surface area contributed by atoms with Gasteiger partial charge in [0.1, 0.15) is 11.4 Å². The Labute approximate surface area is 84.7 Å². The average Bonchev–Trinajstić information content (AvgIpc) is 2.27. The molecule has 1 aliphatic rings. The Morgan fingerprint density at radius 3 is 3.07 bits per heavy atom. The third-order valence-electron chi connectivity index (χ3n) is 2.61. The Kier molecular flexibility index (Phi) is 2.48. The maximum Gasteiger partial charge on any atom is 0.144 e. The number of hydrogen-bond acceptors (Lipinski definition) is 3. The van der Waals surface area contributed by atoms with Crippen LogP contribution in [-0.4, -0.2) is 26.7 Å². The minimum Gasteiger partial charge on any atom is -0.495 e. The predicted molar refractivity (Wildman–Crippen MR) is 59.4 cm³/mol. The van der Waals surface area contributed by atoms with Crippen LogP contribution in [0.5, 0.6) is 5.75 Å². The number of benzene rings is 1. The van der Waals surface area contributed by atoms with Crippen LogP contribution >= 0.6 is 0 Å². The quantitative estimate of drug-likeness (QED) is 0.775. The molecule has 0 unspecified atom stereocenters. The highest BCUT2D eigenvalue weighted by atomic mass is 16.5. The first-order valence-corrected chi connectivity index (χ1v) is 5.02. The fraction of sp³-hybridized carbons (Fsp3) is 0.455. The van der Waals surface area contributed by atoms with Crippen molar-refractivity contribution in [3.63, 3.8) is 0 Å². The number of hydrogen-bond donors (Lipinski definition) is 1. The monoisotopic (exact) mass is 192 g/mol. The second kappa shape index (κ2) is 3.78. The fourth-order valence-electron chi connectivity index (χ4n) is 1.91. The van der Waals surface area contributed by atoms with Crippen LogP contribution in [-0.2, 0) is 0 Å². The van der Waals surface area contributed by atoms with Crippen molar-refractivity contribution in [2.45, 2.75) is 6.92 Å². The Bertz CT molecular complexity index is 311. The number of ether oxygens (including phenoxy) is 1. The molecule has 0 aliphatic carbocycles.